The maximum absolute atomic E-state index is 6.22. The van der Waals surface area contributed by atoms with Crippen molar-refractivity contribution in [2.75, 3.05) is 12.4 Å². The lowest BCUT2D eigenvalue weighted by atomic mass is 10.1. The third-order valence-corrected chi connectivity index (χ3v) is 5.59. The van der Waals surface area contributed by atoms with Gasteiger partial charge in [-0.1, -0.05) is 62.9 Å². The van der Waals surface area contributed by atoms with Crippen molar-refractivity contribution in [2.45, 2.75) is 20.1 Å². The topological polar surface area (TPSA) is 30.5 Å². The molecule has 6 heteroatoms. The van der Waals surface area contributed by atoms with Crippen molar-refractivity contribution in [1.82, 2.24) is 0 Å². The van der Waals surface area contributed by atoms with E-state index in [-0.39, 0.29) is 0 Å². The Labute approximate surface area is 183 Å². The minimum atomic E-state index is 0.319. The molecule has 0 aromatic heterocycles. The Balaban J connectivity index is 1.72. The molecule has 0 aliphatic rings. The third-order valence-electron chi connectivity index (χ3n) is 4.27. The van der Waals surface area contributed by atoms with Crippen molar-refractivity contribution < 1.29 is 9.47 Å². The summed E-state index contributed by atoms with van der Waals surface area (Å²) in [4.78, 5) is 0. The molecular formula is C22H20BrCl2NO2. The molecule has 0 amide bonds. The van der Waals surface area contributed by atoms with Crippen molar-refractivity contribution in [3.05, 3.63) is 85.8 Å². The summed E-state index contributed by atoms with van der Waals surface area (Å²) in [5.41, 5.74) is 4.22. The summed E-state index contributed by atoms with van der Waals surface area (Å²) < 4.78 is 12.4. The Kier molecular flexibility index (Phi) is 7.11. The first-order valence-electron chi connectivity index (χ1n) is 8.70. The first kappa shape index (κ1) is 20.8. The maximum atomic E-state index is 6.22. The lowest BCUT2D eigenvalue weighted by Crippen LogP contribution is -2.03. The second-order valence-corrected chi connectivity index (χ2v) is 8.04. The highest BCUT2D eigenvalue weighted by Gasteiger charge is 2.12. The second-order valence-electron chi connectivity index (χ2n) is 6.34. The van der Waals surface area contributed by atoms with Gasteiger partial charge < -0.3 is 14.8 Å². The van der Waals surface area contributed by atoms with Gasteiger partial charge in [-0.2, -0.15) is 0 Å². The molecule has 3 rings (SSSR count). The van der Waals surface area contributed by atoms with E-state index in [1.165, 1.54) is 5.56 Å². The maximum Gasteiger partial charge on any atom is 0.162 e. The van der Waals surface area contributed by atoms with Crippen LogP contribution in [-0.2, 0) is 13.2 Å². The number of benzene rings is 3. The highest BCUT2D eigenvalue weighted by molar-refractivity contribution is 9.10. The molecule has 28 heavy (non-hydrogen) atoms. The van der Waals surface area contributed by atoms with Crippen molar-refractivity contribution in [1.29, 1.82) is 0 Å². The number of hydrogen-bond acceptors (Lipinski definition) is 3. The fourth-order valence-electron chi connectivity index (χ4n) is 2.65. The lowest BCUT2D eigenvalue weighted by molar-refractivity contribution is 0.284. The normalized spacial score (nSPS) is 10.6. The molecule has 0 bridgehead atoms. The molecule has 0 saturated carbocycles. The van der Waals surface area contributed by atoms with E-state index >= 15 is 0 Å². The molecule has 0 spiro atoms. The summed E-state index contributed by atoms with van der Waals surface area (Å²) in [5, 5.41) is 4.58. The van der Waals surface area contributed by atoms with Crippen LogP contribution in [0.25, 0.3) is 0 Å². The van der Waals surface area contributed by atoms with Crippen LogP contribution in [0.5, 0.6) is 11.5 Å². The molecule has 146 valence electrons. The summed E-state index contributed by atoms with van der Waals surface area (Å²) in [7, 11) is 1.63. The van der Waals surface area contributed by atoms with Gasteiger partial charge in [0, 0.05) is 32.3 Å². The quantitative estimate of drug-likeness (QED) is 0.385. The average molecular weight is 481 g/mol. The van der Waals surface area contributed by atoms with Gasteiger partial charge in [0.15, 0.2) is 11.5 Å². The van der Waals surface area contributed by atoms with E-state index in [9.17, 15) is 0 Å². The highest BCUT2D eigenvalue weighted by Crippen LogP contribution is 2.35. The van der Waals surface area contributed by atoms with Crippen molar-refractivity contribution >= 4 is 44.8 Å². The van der Waals surface area contributed by atoms with Crippen molar-refractivity contribution in [3.8, 4) is 11.5 Å². The zero-order chi connectivity index (χ0) is 20.1. The number of hydrogen-bond donors (Lipinski definition) is 1. The van der Waals surface area contributed by atoms with Gasteiger partial charge in [0.05, 0.1) is 7.11 Å². The number of halogens is 3. The molecule has 0 heterocycles. The molecule has 3 aromatic rings. The molecule has 0 atom stereocenters. The predicted octanol–water partition coefficient (Wildman–Crippen LogP) is 7.26. The first-order valence-corrected chi connectivity index (χ1v) is 10.2. The van der Waals surface area contributed by atoms with Gasteiger partial charge in [0.25, 0.3) is 0 Å². The highest BCUT2D eigenvalue weighted by atomic mass is 79.9. The van der Waals surface area contributed by atoms with Gasteiger partial charge in [0.1, 0.15) is 6.61 Å². The van der Waals surface area contributed by atoms with E-state index in [1.54, 1.807) is 19.2 Å². The molecule has 0 unspecified atom stereocenters. The Hall–Kier alpha value is -1.88. The first-order chi connectivity index (χ1) is 13.5. The molecular weight excluding hydrogens is 461 g/mol. The molecule has 0 fully saturated rings. The smallest absolute Gasteiger partial charge is 0.162 e. The Morgan fingerprint density at radius 1 is 0.929 bits per heavy atom. The van der Waals surface area contributed by atoms with Crippen LogP contribution in [0.3, 0.4) is 0 Å². The minimum Gasteiger partial charge on any atom is -0.493 e. The Bertz CT molecular complexity index is 961. The van der Waals surface area contributed by atoms with Gasteiger partial charge in [-0.15, -0.1) is 0 Å². The van der Waals surface area contributed by atoms with E-state index in [4.69, 9.17) is 32.7 Å². The molecule has 3 aromatic carbocycles. The molecule has 1 N–H and O–H groups in total. The van der Waals surface area contributed by atoms with Gasteiger partial charge >= 0.3 is 0 Å². The van der Waals surface area contributed by atoms with Crippen LogP contribution >= 0.6 is 39.1 Å². The number of ether oxygens (including phenoxy) is 2. The van der Waals surface area contributed by atoms with E-state index in [2.05, 4.69) is 52.4 Å². The minimum absolute atomic E-state index is 0.319. The van der Waals surface area contributed by atoms with Gasteiger partial charge in [-0.3, -0.25) is 0 Å². The van der Waals surface area contributed by atoms with Crippen LogP contribution < -0.4 is 14.8 Å². The monoisotopic (exact) mass is 479 g/mol. The summed E-state index contributed by atoms with van der Waals surface area (Å²) in [5.74, 6) is 1.30. The molecule has 0 saturated heterocycles. The summed E-state index contributed by atoms with van der Waals surface area (Å²) in [6.07, 6.45) is 0. The Morgan fingerprint density at radius 3 is 2.36 bits per heavy atom. The van der Waals surface area contributed by atoms with Crippen LogP contribution in [0.2, 0.25) is 10.0 Å². The van der Waals surface area contributed by atoms with Gasteiger partial charge in [-0.25, -0.2) is 0 Å². The lowest BCUT2D eigenvalue weighted by Gasteiger charge is -2.15. The molecule has 0 radical (unpaired) electrons. The summed E-state index contributed by atoms with van der Waals surface area (Å²) in [6, 6.07) is 17.5. The predicted molar refractivity (Wildman–Crippen MR) is 120 cm³/mol. The summed E-state index contributed by atoms with van der Waals surface area (Å²) >= 11 is 15.8. The fraction of sp³-hybridized carbons (Fsp3) is 0.182. The van der Waals surface area contributed by atoms with Crippen LogP contribution in [0.15, 0.2) is 59.1 Å². The largest absolute Gasteiger partial charge is 0.493 e. The molecule has 3 nitrogen and oxygen atoms in total. The third kappa shape index (κ3) is 5.34. The number of anilines is 1. The van der Waals surface area contributed by atoms with Crippen LogP contribution in [0.1, 0.15) is 16.7 Å². The van der Waals surface area contributed by atoms with Gasteiger partial charge in [-0.05, 0) is 48.9 Å². The molecule has 0 aliphatic carbocycles. The van der Waals surface area contributed by atoms with E-state index in [0.717, 1.165) is 21.3 Å². The average Bonchev–Trinajstić information content (AvgIpc) is 2.68. The van der Waals surface area contributed by atoms with E-state index in [0.29, 0.717) is 34.7 Å². The van der Waals surface area contributed by atoms with E-state index < -0.39 is 0 Å². The van der Waals surface area contributed by atoms with E-state index in [1.807, 2.05) is 18.2 Å². The van der Waals surface area contributed by atoms with Crippen LogP contribution in [0, 0.1) is 6.92 Å². The zero-order valence-electron chi connectivity index (χ0n) is 15.6. The number of methoxy groups -OCH3 is 1. The Morgan fingerprint density at radius 2 is 1.68 bits per heavy atom. The number of rotatable bonds is 7. The standard InChI is InChI=1S/C22H20BrCl2NO2/c1-14-3-7-18(8-4-14)26-12-16-9-21(27-2)22(11-19(16)23)28-13-15-5-6-17(24)10-20(15)25/h3-11,26H,12-13H2,1-2H3. The van der Waals surface area contributed by atoms with Crippen molar-refractivity contribution in [2.24, 2.45) is 0 Å². The number of nitrogens with one attached hydrogen (secondary N) is 1. The van der Waals surface area contributed by atoms with Gasteiger partial charge in [0.2, 0.25) is 0 Å². The molecule has 0 aliphatic heterocycles. The van der Waals surface area contributed by atoms with Crippen LogP contribution in [-0.4, -0.2) is 7.11 Å². The van der Waals surface area contributed by atoms with Crippen LogP contribution in [0.4, 0.5) is 5.69 Å². The number of aryl methyl sites for hydroxylation is 1. The van der Waals surface area contributed by atoms with Crippen molar-refractivity contribution in [3.63, 3.8) is 0 Å². The second kappa shape index (κ2) is 9.55. The fourth-order valence-corrected chi connectivity index (χ4v) is 3.57. The summed E-state index contributed by atoms with van der Waals surface area (Å²) in [6.45, 7) is 3.05. The SMILES string of the molecule is COc1cc(CNc2ccc(C)cc2)c(Br)cc1OCc1ccc(Cl)cc1Cl. The zero-order valence-corrected chi connectivity index (χ0v) is 18.7.